The Labute approximate surface area is 122 Å². The third kappa shape index (κ3) is 4.73. The van der Waals surface area contributed by atoms with Gasteiger partial charge in [0, 0.05) is 19.0 Å². The Morgan fingerprint density at radius 1 is 1.33 bits per heavy atom. The van der Waals surface area contributed by atoms with Gasteiger partial charge in [-0.3, -0.25) is 4.79 Å². The molecule has 0 aromatic carbocycles. The molecule has 0 spiro atoms. The number of aliphatic carboxylic acids is 1. The quantitative estimate of drug-likeness (QED) is 0.696. The van der Waals surface area contributed by atoms with Gasteiger partial charge in [0.15, 0.2) is 5.82 Å². The number of carboxylic acids is 1. The molecule has 1 aromatic heterocycles. The molecule has 21 heavy (non-hydrogen) atoms. The summed E-state index contributed by atoms with van der Waals surface area (Å²) in [5, 5.41) is 18.3. The van der Waals surface area contributed by atoms with Crippen molar-refractivity contribution >= 4 is 12.0 Å². The van der Waals surface area contributed by atoms with Crippen molar-refractivity contribution in [3.05, 3.63) is 12.2 Å². The Bertz CT molecular complexity index is 463. The van der Waals surface area contributed by atoms with Crippen LogP contribution in [0, 0.1) is 5.92 Å². The summed E-state index contributed by atoms with van der Waals surface area (Å²) in [5.41, 5.74) is 0. The van der Waals surface area contributed by atoms with E-state index in [9.17, 15) is 14.7 Å². The van der Waals surface area contributed by atoms with Gasteiger partial charge in [-0.15, -0.1) is 0 Å². The van der Waals surface area contributed by atoms with Crippen molar-refractivity contribution in [2.45, 2.75) is 44.6 Å². The van der Waals surface area contributed by atoms with Crippen LogP contribution in [0.4, 0.5) is 4.79 Å². The van der Waals surface area contributed by atoms with Crippen LogP contribution in [0.15, 0.2) is 10.9 Å². The molecule has 1 heterocycles. The smallest absolute Gasteiger partial charge is 0.315 e. The first-order valence-electron chi connectivity index (χ1n) is 7.19. The van der Waals surface area contributed by atoms with Crippen LogP contribution in [-0.4, -0.2) is 39.8 Å². The van der Waals surface area contributed by atoms with Gasteiger partial charge in [-0.25, -0.2) is 4.79 Å². The number of hydrogen-bond acceptors (Lipinski definition) is 5. The van der Waals surface area contributed by atoms with E-state index in [4.69, 9.17) is 0 Å². The third-order valence-corrected chi connectivity index (χ3v) is 3.69. The molecule has 1 aliphatic rings. The van der Waals surface area contributed by atoms with Gasteiger partial charge in [0.25, 0.3) is 0 Å². The highest BCUT2D eigenvalue weighted by molar-refractivity contribution is 5.76. The van der Waals surface area contributed by atoms with Crippen LogP contribution in [0.2, 0.25) is 0 Å². The Balaban J connectivity index is 1.77. The lowest BCUT2D eigenvalue weighted by Crippen LogP contribution is -2.47. The van der Waals surface area contributed by atoms with E-state index in [0.29, 0.717) is 31.6 Å². The lowest BCUT2D eigenvalue weighted by Gasteiger charge is -2.22. The number of aromatic nitrogens is 2. The summed E-state index contributed by atoms with van der Waals surface area (Å²) in [4.78, 5) is 27.0. The number of urea groups is 1. The molecule has 0 aliphatic heterocycles. The van der Waals surface area contributed by atoms with Gasteiger partial charge < -0.3 is 20.3 Å². The molecule has 3 N–H and O–H groups in total. The molecular formula is C13H20N4O4. The summed E-state index contributed by atoms with van der Waals surface area (Å²) >= 11 is 0. The molecule has 2 amide bonds. The predicted molar refractivity (Wildman–Crippen MR) is 72.5 cm³/mol. The second-order valence-electron chi connectivity index (χ2n) is 5.19. The van der Waals surface area contributed by atoms with Crippen molar-refractivity contribution in [2.24, 2.45) is 5.92 Å². The van der Waals surface area contributed by atoms with Crippen LogP contribution in [0.5, 0.6) is 0 Å². The number of hydrogen-bond donors (Lipinski definition) is 3. The molecule has 116 valence electrons. The fourth-order valence-electron chi connectivity index (χ4n) is 2.59. The highest BCUT2D eigenvalue weighted by Crippen LogP contribution is 2.23. The van der Waals surface area contributed by atoms with E-state index in [1.54, 1.807) is 0 Å². The van der Waals surface area contributed by atoms with Gasteiger partial charge in [-0.05, 0) is 12.8 Å². The topological polar surface area (TPSA) is 117 Å². The molecule has 8 nitrogen and oxygen atoms in total. The summed E-state index contributed by atoms with van der Waals surface area (Å²) in [6, 6.07) is -0.660. The standard InChI is InChI=1S/C13H20N4O4/c18-12(19)9-4-2-1-3-5-10(9)16-13(20)14-7-6-11-15-8-21-17-11/h8-10H,1-7H2,(H,18,19)(H2,14,16,20). The minimum absolute atomic E-state index is 0.310. The Hall–Kier alpha value is -2.12. The zero-order valence-corrected chi connectivity index (χ0v) is 11.7. The summed E-state index contributed by atoms with van der Waals surface area (Å²) < 4.78 is 4.59. The van der Waals surface area contributed by atoms with E-state index in [-0.39, 0.29) is 12.1 Å². The van der Waals surface area contributed by atoms with Crippen molar-refractivity contribution in [1.29, 1.82) is 0 Å². The molecule has 0 bridgehead atoms. The molecule has 2 atom stereocenters. The number of nitrogens with one attached hydrogen (secondary N) is 2. The highest BCUT2D eigenvalue weighted by Gasteiger charge is 2.30. The molecule has 0 saturated heterocycles. The lowest BCUT2D eigenvalue weighted by molar-refractivity contribution is -0.142. The molecule has 1 fully saturated rings. The summed E-state index contributed by atoms with van der Waals surface area (Å²) in [6.45, 7) is 0.371. The van der Waals surface area contributed by atoms with Crippen molar-refractivity contribution in [3.63, 3.8) is 0 Å². The van der Waals surface area contributed by atoms with Crippen LogP contribution in [0.3, 0.4) is 0 Å². The van der Waals surface area contributed by atoms with Gasteiger partial charge in [0.05, 0.1) is 5.92 Å². The normalized spacial score (nSPS) is 22.3. The third-order valence-electron chi connectivity index (χ3n) is 3.69. The number of rotatable bonds is 5. The van der Waals surface area contributed by atoms with Gasteiger partial charge in [0.2, 0.25) is 6.39 Å². The molecule has 0 radical (unpaired) electrons. The van der Waals surface area contributed by atoms with Crippen LogP contribution in [-0.2, 0) is 11.2 Å². The van der Waals surface area contributed by atoms with Crippen LogP contribution in [0.25, 0.3) is 0 Å². The first-order chi connectivity index (χ1) is 10.2. The van der Waals surface area contributed by atoms with Gasteiger partial charge in [-0.2, -0.15) is 4.98 Å². The Morgan fingerprint density at radius 3 is 2.86 bits per heavy atom. The Kier molecular flexibility index (Phi) is 5.53. The minimum atomic E-state index is -0.839. The van der Waals surface area contributed by atoms with Gasteiger partial charge in [-0.1, -0.05) is 24.4 Å². The number of carbonyl (C=O) groups excluding carboxylic acids is 1. The van der Waals surface area contributed by atoms with E-state index in [1.165, 1.54) is 6.39 Å². The van der Waals surface area contributed by atoms with Crippen molar-refractivity contribution in [2.75, 3.05) is 6.54 Å². The fourth-order valence-corrected chi connectivity index (χ4v) is 2.59. The first kappa shape index (κ1) is 15.3. The molecule has 1 aliphatic carbocycles. The minimum Gasteiger partial charge on any atom is -0.481 e. The zero-order chi connectivity index (χ0) is 15.1. The van der Waals surface area contributed by atoms with E-state index in [1.807, 2.05) is 0 Å². The highest BCUT2D eigenvalue weighted by atomic mass is 16.5. The van der Waals surface area contributed by atoms with Crippen molar-refractivity contribution < 1.29 is 19.2 Å². The molecule has 2 rings (SSSR count). The second kappa shape index (κ2) is 7.61. The number of carboxylic acid groups (broad SMARTS) is 1. The zero-order valence-electron chi connectivity index (χ0n) is 11.7. The van der Waals surface area contributed by atoms with Gasteiger partial charge >= 0.3 is 12.0 Å². The fraction of sp³-hybridized carbons (Fsp3) is 0.692. The maximum atomic E-state index is 11.8. The lowest BCUT2D eigenvalue weighted by atomic mass is 9.95. The molecule has 1 aromatic rings. The molecule has 2 unspecified atom stereocenters. The number of nitrogens with zero attached hydrogens (tertiary/aromatic N) is 2. The van der Waals surface area contributed by atoms with Crippen LogP contribution >= 0.6 is 0 Å². The largest absolute Gasteiger partial charge is 0.481 e. The SMILES string of the molecule is O=C(NCCc1ncon1)NC1CCCCCC1C(=O)O. The first-order valence-corrected chi connectivity index (χ1v) is 7.19. The Morgan fingerprint density at radius 2 is 2.14 bits per heavy atom. The molecule has 1 saturated carbocycles. The monoisotopic (exact) mass is 296 g/mol. The summed E-state index contributed by atoms with van der Waals surface area (Å²) in [6.07, 6.45) is 5.88. The molecular weight excluding hydrogens is 276 g/mol. The number of amides is 2. The van der Waals surface area contributed by atoms with E-state index in [0.717, 1.165) is 19.3 Å². The second-order valence-corrected chi connectivity index (χ2v) is 5.19. The predicted octanol–water partition coefficient (Wildman–Crippen LogP) is 0.945. The van der Waals surface area contributed by atoms with Gasteiger partial charge in [0.1, 0.15) is 0 Å². The average Bonchev–Trinajstić information content (AvgIpc) is 2.84. The van der Waals surface area contributed by atoms with Crippen molar-refractivity contribution in [3.8, 4) is 0 Å². The van der Waals surface area contributed by atoms with Crippen LogP contribution in [0.1, 0.15) is 37.9 Å². The van der Waals surface area contributed by atoms with E-state index >= 15 is 0 Å². The summed E-state index contributed by atoms with van der Waals surface area (Å²) in [5.74, 6) is -0.822. The molecule has 8 heteroatoms. The average molecular weight is 296 g/mol. The number of carbonyl (C=O) groups is 2. The van der Waals surface area contributed by atoms with Crippen LogP contribution < -0.4 is 10.6 Å². The van der Waals surface area contributed by atoms with Crippen molar-refractivity contribution in [1.82, 2.24) is 20.8 Å². The van der Waals surface area contributed by atoms with E-state index in [2.05, 4.69) is 25.3 Å². The maximum Gasteiger partial charge on any atom is 0.315 e. The maximum absolute atomic E-state index is 11.8. The van der Waals surface area contributed by atoms with E-state index < -0.39 is 11.9 Å². The summed E-state index contributed by atoms with van der Waals surface area (Å²) in [7, 11) is 0.